The van der Waals surface area contributed by atoms with Crippen molar-refractivity contribution in [1.29, 1.82) is 15.8 Å². The molecule has 4 nitrogen and oxygen atoms in total. The van der Waals surface area contributed by atoms with E-state index in [2.05, 4.69) is 11.4 Å². The summed E-state index contributed by atoms with van der Waals surface area (Å²) in [5.41, 5.74) is 3.27. The highest BCUT2D eigenvalue weighted by atomic mass is 14.9. The number of hydrogen-bond acceptors (Lipinski definition) is 4. The van der Waals surface area contributed by atoms with Gasteiger partial charge in [-0.25, -0.2) is 0 Å². The van der Waals surface area contributed by atoms with Crippen LogP contribution in [0.5, 0.6) is 0 Å². The molecule has 1 aromatic rings. The Balaban J connectivity index is 2.25. The number of rotatable bonds is 2. The molecule has 104 valence electrons. The van der Waals surface area contributed by atoms with Gasteiger partial charge in [-0.3, -0.25) is 0 Å². The van der Waals surface area contributed by atoms with Crippen molar-refractivity contribution in [2.24, 2.45) is 5.92 Å². The third kappa shape index (κ3) is 2.37. The number of allylic oxidation sites excluding steroid dienone is 5. The van der Waals surface area contributed by atoms with E-state index in [1.807, 2.05) is 48.5 Å². The molecule has 0 spiro atoms. The number of hydrogen-bond donors (Lipinski definition) is 1. The SMILES string of the molecule is N#CC(C#N)=C1NC(C2CC2)=CC(c2ccccc2)=C1C#N. The van der Waals surface area contributed by atoms with Gasteiger partial charge < -0.3 is 5.32 Å². The number of nitrogens with zero attached hydrogens (tertiary/aromatic N) is 3. The Labute approximate surface area is 128 Å². The van der Waals surface area contributed by atoms with Gasteiger partial charge in [0.15, 0.2) is 5.57 Å². The monoisotopic (exact) mass is 284 g/mol. The molecule has 0 radical (unpaired) electrons. The molecule has 1 fully saturated rings. The fourth-order valence-corrected chi connectivity index (χ4v) is 2.51. The summed E-state index contributed by atoms with van der Waals surface area (Å²) in [6.45, 7) is 0. The molecule has 2 aliphatic rings. The Morgan fingerprint density at radius 3 is 2.27 bits per heavy atom. The van der Waals surface area contributed by atoms with E-state index >= 15 is 0 Å². The Bertz CT molecular complexity index is 816. The van der Waals surface area contributed by atoms with Crippen LogP contribution in [0.1, 0.15) is 18.4 Å². The maximum Gasteiger partial charge on any atom is 0.154 e. The molecular weight excluding hydrogens is 272 g/mol. The van der Waals surface area contributed by atoms with E-state index in [-0.39, 0.29) is 5.57 Å². The quantitative estimate of drug-likeness (QED) is 0.845. The largest absolute Gasteiger partial charge is 0.356 e. The van der Waals surface area contributed by atoms with Gasteiger partial charge >= 0.3 is 0 Å². The summed E-state index contributed by atoms with van der Waals surface area (Å²) >= 11 is 0. The normalized spacial score (nSPS) is 16.8. The zero-order chi connectivity index (χ0) is 15.5. The molecule has 1 N–H and O–H groups in total. The summed E-state index contributed by atoms with van der Waals surface area (Å²) in [5.74, 6) is 0.424. The topological polar surface area (TPSA) is 83.4 Å². The van der Waals surface area contributed by atoms with Crippen molar-refractivity contribution in [2.75, 3.05) is 0 Å². The second-order valence-corrected chi connectivity index (χ2v) is 5.24. The smallest absolute Gasteiger partial charge is 0.154 e. The van der Waals surface area contributed by atoms with Crippen molar-refractivity contribution in [3.05, 3.63) is 64.5 Å². The van der Waals surface area contributed by atoms with Crippen LogP contribution in [0, 0.1) is 39.9 Å². The Morgan fingerprint density at radius 1 is 1.05 bits per heavy atom. The molecule has 0 amide bonds. The van der Waals surface area contributed by atoms with Crippen molar-refractivity contribution in [2.45, 2.75) is 12.8 Å². The zero-order valence-electron chi connectivity index (χ0n) is 11.8. The Hall–Kier alpha value is -3.29. The average Bonchev–Trinajstić information content (AvgIpc) is 3.41. The van der Waals surface area contributed by atoms with Crippen LogP contribution in [-0.4, -0.2) is 0 Å². The molecule has 0 saturated heterocycles. The lowest BCUT2D eigenvalue weighted by molar-refractivity contribution is 0.841. The first kappa shape index (κ1) is 13.7. The molecule has 1 aliphatic carbocycles. The molecule has 1 saturated carbocycles. The van der Waals surface area contributed by atoms with E-state index in [9.17, 15) is 5.26 Å². The molecule has 0 aromatic heterocycles. The van der Waals surface area contributed by atoms with Crippen molar-refractivity contribution < 1.29 is 0 Å². The number of benzene rings is 1. The van der Waals surface area contributed by atoms with Crippen LogP contribution in [0.2, 0.25) is 0 Å². The third-order valence-corrected chi connectivity index (χ3v) is 3.78. The second-order valence-electron chi connectivity index (χ2n) is 5.24. The van der Waals surface area contributed by atoms with Crippen LogP contribution >= 0.6 is 0 Å². The fourth-order valence-electron chi connectivity index (χ4n) is 2.51. The van der Waals surface area contributed by atoms with Gasteiger partial charge in [0, 0.05) is 11.3 Å². The van der Waals surface area contributed by atoms with Crippen LogP contribution in [0.25, 0.3) is 5.57 Å². The molecule has 0 bridgehead atoms. The third-order valence-electron chi connectivity index (χ3n) is 3.78. The van der Waals surface area contributed by atoms with Gasteiger partial charge in [-0.2, -0.15) is 15.8 Å². The summed E-state index contributed by atoms with van der Waals surface area (Å²) in [6.07, 6.45) is 4.15. The van der Waals surface area contributed by atoms with Crippen LogP contribution in [0.15, 0.2) is 58.9 Å². The molecule has 0 unspecified atom stereocenters. The second kappa shape index (κ2) is 5.60. The fraction of sp³-hybridized carbons (Fsp3) is 0.167. The van der Waals surface area contributed by atoms with Crippen molar-refractivity contribution in [3.63, 3.8) is 0 Å². The van der Waals surface area contributed by atoms with Crippen LogP contribution < -0.4 is 5.32 Å². The van der Waals surface area contributed by atoms with Crippen LogP contribution in [-0.2, 0) is 0 Å². The lowest BCUT2D eigenvalue weighted by Crippen LogP contribution is -2.22. The van der Waals surface area contributed by atoms with Gasteiger partial charge in [-0.15, -0.1) is 0 Å². The minimum atomic E-state index is -0.0590. The summed E-state index contributed by atoms with van der Waals surface area (Å²) < 4.78 is 0. The van der Waals surface area contributed by atoms with Crippen LogP contribution in [0.3, 0.4) is 0 Å². The first-order chi connectivity index (χ1) is 10.8. The maximum atomic E-state index is 9.54. The molecule has 0 atom stereocenters. The van der Waals surface area contributed by atoms with Gasteiger partial charge in [0.1, 0.15) is 18.2 Å². The zero-order valence-corrected chi connectivity index (χ0v) is 11.8. The predicted octanol–water partition coefficient (Wildman–Crippen LogP) is 3.16. The molecule has 1 aromatic carbocycles. The minimum Gasteiger partial charge on any atom is -0.356 e. The van der Waals surface area contributed by atoms with Gasteiger partial charge in [-0.05, 0) is 30.4 Å². The van der Waals surface area contributed by atoms with E-state index in [1.54, 1.807) is 0 Å². The summed E-state index contributed by atoms with van der Waals surface area (Å²) in [6, 6.07) is 15.5. The highest BCUT2D eigenvalue weighted by Crippen LogP contribution is 2.40. The molecule has 4 heteroatoms. The number of nitriles is 3. The lowest BCUT2D eigenvalue weighted by Gasteiger charge is -2.21. The molecule has 1 heterocycles. The summed E-state index contributed by atoms with van der Waals surface area (Å²) in [4.78, 5) is 0. The van der Waals surface area contributed by atoms with Crippen molar-refractivity contribution in [1.82, 2.24) is 5.32 Å². The van der Waals surface area contributed by atoms with Gasteiger partial charge in [0.25, 0.3) is 0 Å². The lowest BCUT2D eigenvalue weighted by atomic mass is 9.92. The number of nitrogens with one attached hydrogen (secondary N) is 1. The number of dihydropyridines is 1. The van der Waals surface area contributed by atoms with Crippen molar-refractivity contribution in [3.8, 4) is 18.2 Å². The summed E-state index contributed by atoms with van der Waals surface area (Å²) in [7, 11) is 0. The van der Waals surface area contributed by atoms with Gasteiger partial charge in [0.05, 0.1) is 11.3 Å². The molecule has 22 heavy (non-hydrogen) atoms. The molecule has 3 rings (SSSR count). The summed E-state index contributed by atoms with van der Waals surface area (Å²) in [5, 5.41) is 31.0. The van der Waals surface area contributed by atoms with Gasteiger partial charge in [-0.1, -0.05) is 30.3 Å². The van der Waals surface area contributed by atoms with E-state index in [1.165, 1.54) is 0 Å². The van der Waals surface area contributed by atoms with Gasteiger partial charge in [0.2, 0.25) is 0 Å². The Morgan fingerprint density at radius 2 is 1.73 bits per heavy atom. The van der Waals surface area contributed by atoms with E-state index in [4.69, 9.17) is 10.5 Å². The van der Waals surface area contributed by atoms with E-state index in [0.717, 1.165) is 29.7 Å². The van der Waals surface area contributed by atoms with Crippen LogP contribution in [0.4, 0.5) is 0 Å². The minimum absolute atomic E-state index is 0.0590. The van der Waals surface area contributed by atoms with Crippen molar-refractivity contribution >= 4 is 5.57 Å². The molecular formula is C18H12N4. The average molecular weight is 284 g/mol. The van der Waals surface area contributed by atoms with E-state index < -0.39 is 0 Å². The Kier molecular flexibility index (Phi) is 3.48. The maximum absolute atomic E-state index is 9.54. The molecule has 1 aliphatic heterocycles. The first-order valence-electron chi connectivity index (χ1n) is 7.01. The highest BCUT2D eigenvalue weighted by molar-refractivity contribution is 5.85. The van der Waals surface area contributed by atoms with E-state index in [0.29, 0.717) is 17.2 Å². The standard InChI is InChI=1S/C18H12N4/c19-9-14(10-20)18-16(11-21)15(12-4-2-1-3-5-12)8-17(22-18)13-6-7-13/h1-5,8,13,22H,6-7H2. The first-order valence-corrected chi connectivity index (χ1v) is 7.01. The highest BCUT2D eigenvalue weighted by Gasteiger charge is 2.31. The predicted molar refractivity (Wildman–Crippen MR) is 81.2 cm³/mol.